The number of benzene rings is 1. The summed E-state index contributed by atoms with van der Waals surface area (Å²) < 4.78 is 21.0. The van der Waals surface area contributed by atoms with Crippen molar-refractivity contribution in [3.05, 3.63) is 23.3 Å². The van der Waals surface area contributed by atoms with Gasteiger partial charge in [0.15, 0.2) is 0 Å². The SMILES string of the molecule is COC(=O)C(C)(C)CCCOc1cc(C(=O)OCC(C)C)c(OC)cc1C#N. The Balaban J connectivity index is 2.90. The lowest BCUT2D eigenvalue weighted by Gasteiger charge is -2.21. The van der Waals surface area contributed by atoms with Gasteiger partial charge in [-0.3, -0.25) is 4.79 Å². The molecular formula is C21H29NO6. The molecular weight excluding hydrogens is 362 g/mol. The van der Waals surface area contributed by atoms with Crippen molar-refractivity contribution in [3.63, 3.8) is 0 Å². The Morgan fingerprint density at radius 3 is 2.39 bits per heavy atom. The zero-order valence-corrected chi connectivity index (χ0v) is 17.5. The van der Waals surface area contributed by atoms with Crippen molar-refractivity contribution in [2.75, 3.05) is 27.4 Å². The minimum Gasteiger partial charge on any atom is -0.496 e. The Bertz CT molecular complexity index is 733. The van der Waals surface area contributed by atoms with Crippen LogP contribution in [0.15, 0.2) is 12.1 Å². The summed E-state index contributed by atoms with van der Waals surface area (Å²) in [5, 5.41) is 9.37. The van der Waals surface area contributed by atoms with Gasteiger partial charge in [0, 0.05) is 6.07 Å². The second-order valence-electron chi connectivity index (χ2n) is 7.48. The number of nitrogens with zero attached hydrogens (tertiary/aromatic N) is 1. The van der Waals surface area contributed by atoms with Crippen LogP contribution in [0.3, 0.4) is 0 Å². The van der Waals surface area contributed by atoms with E-state index in [2.05, 4.69) is 0 Å². The highest BCUT2D eigenvalue weighted by Gasteiger charge is 2.28. The van der Waals surface area contributed by atoms with Gasteiger partial charge in [-0.25, -0.2) is 4.79 Å². The monoisotopic (exact) mass is 391 g/mol. The Morgan fingerprint density at radius 1 is 1.18 bits per heavy atom. The minimum absolute atomic E-state index is 0.196. The fraction of sp³-hybridized carbons (Fsp3) is 0.571. The molecule has 0 N–H and O–H groups in total. The average molecular weight is 391 g/mol. The number of ether oxygens (including phenoxy) is 4. The largest absolute Gasteiger partial charge is 0.496 e. The molecule has 0 aliphatic carbocycles. The van der Waals surface area contributed by atoms with E-state index in [1.54, 1.807) is 13.8 Å². The third-order valence-electron chi connectivity index (χ3n) is 4.13. The molecule has 0 bridgehead atoms. The molecule has 7 nitrogen and oxygen atoms in total. The molecule has 1 aromatic rings. The predicted molar refractivity (Wildman–Crippen MR) is 103 cm³/mol. The highest BCUT2D eigenvalue weighted by atomic mass is 16.5. The van der Waals surface area contributed by atoms with Crippen LogP contribution < -0.4 is 9.47 Å². The Labute approximate surface area is 166 Å². The molecule has 1 rings (SSSR count). The molecule has 0 aromatic heterocycles. The quantitative estimate of drug-likeness (QED) is 0.443. The molecule has 28 heavy (non-hydrogen) atoms. The number of rotatable bonds is 10. The lowest BCUT2D eigenvalue weighted by Crippen LogP contribution is -2.26. The molecule has 1 aromatic carbocycles. The van der Waals surface area contributed by atoms with Gasteiger partial charge in [-0.1, -0.05) is 13.8 Å². The van der Waals surface area contributed by atoms with Crippen LogP contribution >= 0.6 is 0 Å². The molecule has 0 heterocycles. The molecule has 0 fully saturated rings. The van der Waals surface area contributed by atoms with E-state index in [-0.39, 0.29) is 47.7 Å². The third kappa shape index (κ3) is 6.45. The van der Waals surface area contributed by atoms with Gasteiger partial charge in [0.1, 0.15) is 23.1 Å². The van der Waals surface area contributed by atoms with Gasteiger partial charge in [-0.05, 0) is 38.7 Å². The van der Waals surface area contributed by atoms with Gasteiger partial charge >= 0.3 is 11.9 Å². The van der Waals surface area contributed by atoms with Crippen LogP contribution in [-0.2, 0) is 14.3 Å². The third-order valence-corrected chi connectivity index (χ3v) is 4.13. The number of hydrogen-bond acceptors (Lipinski definition) is 7. The Kier molecular flexibility index (Phi) is 8.77. The van der Waals surface area contributed by atoms with Crippen molar-refractivity contribution < 1.29 is 28.5 Å². The van der Waals surface area contributed by atoms with Crippen molar-refractivity contribution in [2.24, 2.45) is 11.3 Å². The minimum atomic E-state index is -0.623. The van der Waals surface area contributed by atoms with Crippen LogP contribution in [0.25, 0.3) is 0 Å². The summed E-state index contributed by atoms with van der Waals surface area (Å²) >= 11 is 0. The zero-order chi connectivity index (χ0) is 21.3. The maximum absolute atomic E-state index is 12.4. The summed E-state index contributed by atoms with van der Waals surface area (Å²) in [4.78, 5) is 24.1. The van der Waals surface area contributed by atoms with E-state index < -0.39 is 11.4 Å². The second-order valence-corrected chi connectivity index (χ2v) is 7.48. The zero-order valence-electron chi connectivity index (χ0n) is 17.5. The van der Waals surface area contributed by atoms with E-state index >= 15 is 0 Å². The van der Waals surface area contributed by atoms with Crippen molar-refractivity contribution >= 4 is 11.9 Å². The number of nitriles is 1. The van der Waals surface area contributed by atoms with Gasteiger partial charge in [0.2, 0.25) is 0 Å². The van der Waals surface area contributed by atoms with Crippen LogP contribution in [0.5, 0.6) is 11.5 Å². The first-order valence-corrected chi connectivity index (χ1v) is 9.16. The lowest BCUT2D eigenvalue weighted by molar-refractivity contribution is -0.151. The molecule has 0 saturated heterocycles. The maximum atomic E-state index is 12.4. The smallest absolute Gasteiger partial charge is 0.342 e. The fourth-order valence-electron chi connectivity index (χ4n) is 2.49. The van der Waals surface area contributed by atoms with Crippen LogP contribution in [0.4, 0.5) is 0 Å². The normalized spacial score (nSPS) is 10.9. The highest BCUT2D eigenvalue weighted by Crippen LogP contribution is 2.30. The summed E-state index contributed by atoms with van der Waals surface area (Å²) in [5.41, 5.74) is -0.168. The van der Waals surface area contributed by atoms with E-state index in [1.165, 1.54) is 26.4 Å². The summed E-state index contributed by atoms with van der Waals surface area (Å²) in [7, 11) is 2.78. The maximum Gasteiger partial charge on any atom is 0.342 e. The van der Waals surface area contributed by atoms with E-state index in [0.717, 1.165) is 0 Å². The number of carbonyl (C=O) groups excluding carboxylic acids is 2. The average Bonchev–Trinajstić information content (AvgIpc) is 2.67. The summed E-state index contributed by atoms with van der Waals surface area (Å²) in [6.45, 7) is 8.04. The number of methoxy groups -OCH3 is 2. The first kappa shape index (κ1) is 23.3. The molecule has 0 aliphatic rings. The highest BCUT2D eigenvalue weighted by molar-refractivity contribution is 5.93. The molecule has 0 amide bonds. The van der Waals surface area contributed by atoms with Gasteiger partial charge in [-0.2, -0.15) is 5.26 Å². The number of esters is 2. The second kappa shape index (κ2) is 10.5. The molecule has 0 radical (unpaired) electrons. The molecule has 0 atom stereocenters. The fourth-order valence-corrected chi connectivity index (χ4v) is 2.49. The van der Waals surface area contributed by atoms with Crippen LogP contribution in [0.1, 0.15) is 56.5 Å². The summed E-state index contributed by atoms with van der Waals surface area (Å²) in [6.07, 6.45) is 1.13. The number of carbonyl (C=O) groups is 2. The molecule has 154 valence electrons. The van der Waals surface area contributed by atoms with Crippen LogP contribution in [0.2, 0.25) is 0 Å². The van der Waals surface area contributed by atoms with E-state index in [0.29, 0.717) is 12.8 Å². The molecule has 0 unspecified atom stereocenters. The predicted octanol–water partition coefficient (Wildman–Crippen LogP) is 3.74. The van der Waals surface area contributed by atoms with Gasteiger partial charge in [0.05, 0.1) is 38.4 Å². The summed E-state index contributed by atoms with van der Waals surface area (Å²) in [5.74, 6) is -0.0982. The van der Waals surface area contributed by atoms with Crippen molar-refractivity contribution in [1.82, 2.24) is 0 Å². The molecule has 0 saturated carbocycles. The Morgan fingerprint density at radius 2 is 1.86 bits per heavy atom. The first-order valence-electron chi connectivity index (χ1n) is 9.16. The van der Waals surface area contributed by atoms with Crippen LogP contribution in [0, 0.1) is 22.7 Å². The van der Waals surface area contributed by atoms with Gasteiger partial charge < -0.3 is 18.9 Å². The lowest BCUT2D eigenvalue weighted by atomic mass is 9.88. The summed E-state index contributed by atoms with van der Waals surface area (Å²) in [6, 6.07) is 4.96. The van der Waals surface area contributed by atoms with Crippen molar-refractivity contribution in [1.29, 1.82) is 5.26 Å². The van der Waals surface area contributed by atoms with Crippen LogP contribution in [-0.4, -0.2) is 39.4 Å². The Hall–Kier alpha value is -2.75. The standard InChI is InChI=1S/C21H29NO6/c1-14(2)13-28-19(23)16-11-17(15(12-22)10-18(16)25-5)27-9-7-8-21(3,4)20(24)26-6/h10-11,14H,7-9,13H2,1-6H3. The number of hydrogen-bond donors (Lipinski definition) is 0. The van der Waals surface area contributed by atoms with E-state index in [4.69, 9.17) is 18.9 Å². The van der Waals surface area contributed by atoms with Gasteiger partial charge in [0.25, 0.3) is 0 Å². The van der Waals surface area contributed by atoms with Crippen molar-refractivity contribution in [2.45, 2.75) is 40.5 Å². The topological polar surface area (TPSA) is 94.8 Å². The first-order chi connectivity index (χ1) is 13.2. The van der Waals surface area contributed by atoms with E-state index in [9.17, 15) is 14.9 Å². The molecule has 0 spiro atoms. The molecule has 0 aliphatic heterocycles. The molecule has 7 heteroatoms. The van der Waals surface area contributed by atoms with Gasteiger partial charge in [-0.15, -0.1) is 0 Å². The van der Waals surface area contributed by atoms with E-state index in [1.807, 2.05) is 19.9 Å². The van der Waals surface area contributed by atoms with Crippen molar-refractivity contribution in [3.8, 4) is 17.6 Å².